The topological polar surface area (TPSA) is 73.5 Å². The molecule has 0 aliphatic carbocycles. The second kappa shape index (κ2) is 6.83. The summed E-state index contributed by atoms with van der Waals surface area (Å²) in [6.45, 7) is 5.15. The van der Waals surface area contributed by atoms with E-state index in [4.69, 9.17) is 15.2 Å². The molecule has 0 radical (unpaired) electrons. The van der Waals surface area contributed by atoms with Gasteiger partial charge in [0.1, 0.15) is 0 Å². The number of para-hydroxylation sites is 1. The maximum absolute atomic E-state index is 5.79. The van der Waals surface area contributed by atoms with E-state index >= 15 is 0 Å². The molecule has 1 aliphatic heterocycles. The fraction of sp³-hybridized carbons (Fsp3) is 0.412. The van der Waals surface area contributed by atoms with Crippen LogP contribution in [-0.4, -0.2) is 35.1 Å². The van der Waals surface area contributed by atoms with E-state index in [1.807, 2.05) is 25.3 Å². The summed E-state index contributed by atoms with van der Waals surface area (Å²) in [5.74, 6) is 1.96. The number of anilines is 1. The van der Waals surface area contributed by atoms with Crippen LogP contribution >= 0.6 is 0 Å². The molecule has 23 heavy (non-hydrogen) atoms. The van der Waals surface area contributed by atoms with Gasteiger partial charge in [0.15, 0.2) is 11.5 Å². The summed E-state index contributed by atoms with van der Waals surface area (Å²) in [5.41, 5.74) is 8.99. The average Bonchev–Trinajstić information content (AvgIpc) is 2.56. The molecule has 2 heterocycles. The summed E-state index contributed by atoms with van der Waals surface area (Å²) < 4.78 is 11.2. The smallest absolute Gasteiger partial charge is 0.220 e. The first kappa shape index (κ1) is 15.6. The van der Waals surface area contributed by atoms with Crippen molar-refractivity contribution in [3.05, 3.63) is 41.2 Å². The monoisotopic (exact) mass is 314 g/mol. The Morgan fingerprint density at radius 1 is 1.35 bits per heavy atom. The van der Waals surface area contributed by atoms with Gasteiger partial charge in [0.05, 0.1) is 19.4 Å². The van der Waals surface area contributed by atoms with Crippen molar-refractivity contribution in [3.63, 3.8) is 0 Å². The lowest BCUT2D eigenvalue weighted by molar-refractivity contribution is 0.234. The van der Waals surface area contributed by atoms with E-state index in [0.717, 1.165) is 54.4 Å². The first-order valence-corrected chi connectivity index (χ1v) is 7.82. The summed E-state index contributed by atoms with van der Waals surface area (Å²) in [6, 6.07) is 6.01. The van der Waals surface area contributed by atoms with Crippen LogP contribution in [0.3, 0.4) is 0 Å². The molecule has 0 spiro atoms. The van der Waals surface area contributed by atoms with E-state index in [1.54, 1.807) is 7.11 Å². The Morgan fingerprint density at radius 3 is 3.00 bits per heavy atom. The average molecular weight is 314 g/mol. The van der Waals surface area contributed by atoms with Crippen LogP contribution in [-0.2, 0) is 19.5 Å². The highest BCUT2D eigenvalue weighted by molar-refractivity contribution is 5.46. The van der Waals surface area contributed by atoms with Crippen molar-refractivity contribution < 1.29 is 9.47 Å². The molecular weight excluding hydrogens is 292 g/mol. The van der Waals surface area contributed by atoms with Gasteiger partial charge < -0.3 is 15.2 Å². The zero-order chi connectivity index (χ0) is 16.2. The molecule has 6 nitrogen and oxygen atoms in total. The number of fused-ring (bicyclic) bond motifs is 1. The van der Waals surface area contributed by atoms with Crippen LogP contribution in [0.1, 0.15) is 23.7 Å². The molecule has 3 rings (SSSR count). The Balaban J connectivity index is 1.79. The third kappa shape index (κ3) is 3.37. The molecule has 0 fully saturated rings. The molecule has 122 valence electrons. The second-order valence-corrected chi connectivity index (χ2v) is 5.54. The van der Waals surface area contributed by atoms with Crippen molar-refractivity contribution in [1.29, 1.82) is 0 Å². The minimum Gasteiger partial charge on any atom is -0.493 e. The van der Waals surface area contributed by atoms with Gasteiger partial charge in [0, 0.05) is 43.4 Å². The lowest BCUT2D eigenvalue weighted by atomic mass is 10.1. The van der Waals surface area contributed by atoms with Gasteiger partial charge in [-0.15, -0.1) is 0 Å². The number of nitrogens with zero attached hydrogens (tertiary/aromatic N) is 3. The number of aromatic nitrogens is 2. The zero-order valence-electron chi connectivity index (χ0n) is 13.6. The molecule has 1 aromatic carbocycles. The van der Waals surface area contributed by atoms with Crippen LogP contribution in [0.4, 0.5) is 5.95 Å². The SMILES string of the molecule is CCOc1c(CN2CCc3nc(N)ncc3C2)cccc1OC. The number of benzene rings is 1. The molecule has 0 saturated carbocycles. The summed E-state index contributed by atoms with van der Waals surface area (Å²) in [7, 11) is 1.67. The summed E-state index contributed by atoms with van der Waals surface area (Å²) in [4.78, 5) is 10.8. The minimum absolute atomic E-state index is 0.351. The number of nitrogen functional groups attached to an aromatic ring is 1. The number of hydrogen-bond acceptors (Lipinski definition) is 6. The van der Waals surface area contributed by atoms with E-state index in [0.29, 0.717) is 12.6 Å². The van der Waals surface area contributed by atoms with Crippen LogP contribution in [0.5, 0.6) is 11.5 Å². The first-order valence-electron chi connectivity index (χ1n) is 7.82. The maximum Gasteiger partial charge on any atom is 0.220 e. The van der Waals surface area contributed by atoms with Gasteiger partial charge in [-0.3, -0.25) is 4.90 Å². The Morgan fingerprint density at radius 2 is 2.22 bits per heavy atom. The molecule has 0 saturated heterocycles. The molecule has 0 bridgehead atoms. The van der Waals surface area contributed by atoms with Gasteiger partial charge in [-0.1, -0.05) is 12.1 Å². The van der Waals surface area contributed by atoms with E-state index in [2.05, 4.69) is 20.9 Å². The summed E-state index contributed by atoms with van der Waals surface area (Å²) >= 11 is 0. The van der Waals surface area contributed by atoms with E-state index in [9.17, 15) is 0 Å². The van der Waals surface area contributed by atoms with Crippen LogP contribution in [0.2, 0.25) is 0 Å². The van der Waals surface area contributed by atoms with Gasteiger partial charge in [0.2, 0.25) is 5.95 Å². The molecular formula is C17H22N4O2. The zero-order valence-corrected chi connectivity index (χ0v) is 13.6. The quantitative estimate of drug-likeness (QED) is 0.910. The molecule has 2 aromatic rings. The normalized spacial score (nSPS) is 14.3. The number of rotatable bonds is 5. The molecule has 0 amide bonds. The van der Waals surface area contributed by atoms with Gasteiger partial charge in [-0.05, 0) is 13.0 Å². The highest BCUT2D eigenvalue weighted by Crippen LogP contribution is 2.32. The second-order valence-electron chi connectivity index (χ2n) is 5.54. The van der Waals surface area contributed by atoms with Gasteiger partial charge in [0.25, 0.3) is 0 Å². The highest BCUT2D eigenvalue weighted by atomic mass is 16.5. The number of methoxy groups -OCH3 is 1. The minimum atomic E-state index is 0.351. The molecule has 1 aliphatic rings. The number of nitrogens with two attached hydrogens (primary N) is 1. The largest absolute Gasteiger partial charge is 0.493 e. The van der Waals surface area contributed by atoms with Crippen molar-refractivity contribution in [1.82, 2.24) is 14.9 Å². The van der Waals surface area contributed by atoms with Gasteiger partial charge in [-0.25, -0.2) is 9.97 Å². The van der Waals surface area contributed by atoms with Crippen molar-refractivity contribution in [2.24, 2.45) is 0 Å². The number of ether oxygens (including phenoxy) is 2. The van der Waals surface area contributed by atoms with Crippen molar-refractivity contribution in [2.45, 2.75) is 26.4 Å². The fourth-order valence-electron chi connectivity index (χ4n) is 2.92. The van der Waals surface area contributed by atoms with Crippen molar-refractivity contribution in [3.8, 4) is 11.5 Å². The van der Waals surface area contributed by atoms with Gasteiger partial charge >= 0.3 is 0 Å². The lowest BCUT2D eigenvalue weighted by Crippen LogP contribution is -2.31. The molecule has 2 N–H and O–H groups in total. The Hall–Kier alpha value is -2.34. The Labute approximate surface area is 136 Å². The summed E-state index contributed by atoms with van der Waals surface area (Å²) in [6.07, 6.45) is 2.72. The van der Waals surface area contributed by atoms with Crippen LogP contribution < -0.4 is 15.2 Å². The Bertz CT molecular complexity index is 690. The molecule has 6 heteroatoms. The molecule has 0 unspecified atom stereocenters. The predicted molar refractivity (Wildman–Crippen MR) is 88.4 cm³/mol. The molecule has 1 aromatic heterocycles. The highest BCUT2D eigenvalue weighted by Gasteiger charge is 2.20. The molecule has 0 atom stereocenters. The van der Waals surface area contributed by atoms with E-state index in [-0.39, 0.29) is 0 Å². The fourth-order valence-corrected chi connectivity index (χ4v) is 2.92. The van der Waals surface area contributed by atoms with Crippen LogP contribution in [0, 0.1) is 0 Å². The lowest BCUT2D eigenvalue weighted by Gasteiger charge is -2.28. The van der Waals surface area contributed by atoms with Crippen molar-refractivity contribution >= 4 is 5.95 Å². The number of hydrogen-bond donors (Lipinski definition) is 1. The van der Waals surface area contributed by atoms with E-state index < -0.39 is 0 Å². The standard InChI is InChI=1S/C17H22N4O2/c1-3-23-16-12(5-4-6-15(16)22-2)10-21-8-7-14-13(11-21)9-19-17(18)20-14/h4-6,9H,3,7-8,10-11H2,1-2H3,(H2,18,19,20). The third-order valence-electron chi connectivity index (χ3n) is 3.99. The Kier molecular flexibility index (Phi) is 4.62. The first-order chi connectivity index (χ1) is 11.2. The third-order valence-corrected chi connectivity index (χ3v) is 3.99. The maximum atomic E-state index is 5.79. The predicted octanol–water partition coefficient (Wildman–Crippen LogP) is 2.02. The van der Waals surface area contributed by atoms with Gasteiger partial charge in [-0.2, -0.15) is 0 Å². The summed E-state index contributed by atoms with van der Waals surface area (Å²) in [5, 5.41) is 0. The van der Waals surface area contributed by atoms with Crippen LogP contribution in [0.25, 0.3) is 0 Å². The van der Waals surface area contributed by atoms with Crippen molar-refractivity contribution in [2.75, 3.05) is 26.0 Å². The van der Waals surface area contributed by atoms with Crippen LogP contribution in [0.15, 0.2) is 24.4 Å². The van der Waals surface area contributed by atoms with E-state index in [1.165, 1.54) is 0 Å².